The van der Waals surface area contributed by atoms with Crippen molar-refractivity contribution in [2.45, 2.75) is 13.0 Å². The molecule has 5 heteroatoms. The molecule has 0 radical (unpaired) electrons. The van der Waals surface area contributed by atoms with E-state index >= 15 is 0 Å². The first-order chi connectivity index (χ1) is 9.29. The minimum Gasteiger partial charge on any atom is -0.383 e. The third kappa shape index (κ3) is 2.45. The fraction of sp³-hybridized carbons (Fsp3) is 0.357. The summed E-state index contributed by atoms with van der Waals surface area (Å²) in [6.07, 6.45) is 0.928. The summed E-state index contributed by atoms with van der Waals surface area (Å²) in [6, 6.07) is 6.27. The van der Waals surface area contributed by atoms with Crippen LogP contribution in [0.1, 0.15) is 17.1 Å². The van der Waals surface area contributed by atoms with Crippen molar-refractivity contribution in [2.24, 2.45) is 0 Å². The zero-order valence-corrected chi connectivity index (χ0v) is 12.4. The molecule has 100 valence electrons. The van der Waals surface area contributed by atoms with Crippen LogP contribution in [-0.2, 0) is 17.7 Å². The van der Waals surface area contributed by atoms with Crippen LogP contribution in [0.4, 0.5) is 0 Å². The lowest BCUT2D eigenvalue weighted by molar-refractivity contribution is 0.199. The maximum atomic E-state index is 5.00. The predicted octanol–water partition coefficient (Wildman–Crippen LogP) is 2.48. The van der Waals surface area contributed by atoms with E-state index in [1.54, 1.807) is 7.11 Å². The van der Waals surface area contributed by atoms with Gasteiger partial charge in [-0.1, -0.05) is 28.1 Å². The van der Waals surface area contributed by atoms with Crippen LogP contribution in [0.3, 0.4) is 0 Å². The van der Waals surface area contributed by atoms with E-state index in [-0.39, 0.29) is 0 Å². The van der Waals surface area contributed by atoms with Crippen molar-refractivity contribution < 1.29 is 4.74 Å². The highest BCUT2D eigenvalue weighted by Gasteiger charge is 2.24. The third-order valence-electron chi connectivity index (χ3n) is 3.33. The van der Waals surface area contributed by atoms with Gasteiger partial charge in [0.1, 0.15) is 5.82 Å². The summed E-state index contributed by atoms with van der Waals surface area (Å²) in [4.78, 5) is 8.10. The number of imidazole rings is 1. The molecule has 0 aliphatic heterocycles. The lowest BCUT2D eigenvalue weighted by Gasteiger charge is -2.03. The van der Waals surface area contributed by atoms with Crippen molar-refractivity contribution in [1.82, 2.24) is 15.3 Å². The smallest absolute Gasteiger partial charge is 0.121 e. The van der Waals surface area contributed by atoms with Crippen LogP contribution >= 0.6 is 15.9 Å². The number of halogens is 1. The second-order valence-electron chi connectivity index (χ2n) is 4.62. The maximum Gasteiger partial charge on any atom is 0.121 e. The van der Waals surface area contributed by atoms with Gasteiger partial charge in [-0.15, -0.1) is 0 Å². The van der Waals surface area contributed by atoms with Crippen molar-refractivity contribution in [3.63, 3.8) is 0 Å². The fourth-order valence-electron chi connectivity index (χ4n) is 2.42. The van der Waals surface area contributed by atoms with E-state index in [9.17, 15) is 0 Å². The number of aromatic nitrogens is 2. The van der Waals surface area contributed by atoms with Gasteiger partial charge in [-0.05, 0) is 11.6 Å². The number of ether oxygens (including phenoxy) is 1. The molecule has 2 N–H and O–H groups in total. The summed E-state index contributed by atoms with van der Waals surface area (Å²) in [5.74, 6) is 0.992. The zero-order chi connectivity index (χ0) is 13.2. The summed E-state index contributed by atoms with van der Waals surface area (Å²) >= 11 is 3.60. The molecule has 3 rings (SSSR count). The van der Waals surface area contributed by atoms with Gasteiger partial charge in [0.2, 0.25) is 0 Å². The van der Waals surface area contributed by atoms with Crippen LogP contribution in [0.2, 0.25) is 0 Å². The standard InChI is InChI=1S/C14H16BrN3O/c1-19-6-5-16-8-13-17-12-7-10-9(14(12)18-13)3-2-4-11(10)15/h2-4,16H,5-8H2,1H3,(H,17,18). The highest BCUT2D eigenvalue weighted by Crippen LogP contribution is 2.38. The predicted molar refractivity (Wildman–Crippen MR) is 78.1 cm³/mol. The molecule has 1 aliphatic carbocycles. The summed E-state index contributed by atoms with van der Waals surface area (Å²) in [6.45, 7) is 2.31. The third-order valence-corrected chi connectivity index (χ3v) is 4.07. The Labute approximate surface area is 120 Å². The Morgan fingerprint density at radius 3 is 3.21 bits per heavy atom. The van der Waals surface area contributed by atoms with Crippen LogP contribution in [-0.4, -0.2) is 30.2 Å². The number of hydrogen-bond acceptors (Lipinski definition) is 3. The van der Waals surface area contributed by atoms with E-state index in [0.717, 1.165) is 42.1 Å². The Balaban J connectivity index is 1.76. The van der Waals surface area contributed by atoms with Gasteiger partial charge in [-0.2, -0.15) is 0 Å². The first-order valence-electron chi connectivity index (χ1n) is 6.34. The first-order valence-corrected chi connectivity index (χ1v) is 7.14. The molecular formula is C14H16BrN3O. The molecule has 0 bridgehead atoms. The van der Waals surface area contributed by atoms with Crippen LogP contribution in [0.5, 0.6) is 0 Å². The largest absolute Gasteiger partial charge is 0.383 e. The van der Waals surface area contributed by atoms with Gasteiger partial charge in [-0.3, -0.25) is 0 Å². The van der Waals surface area contributed by atoms with E-state index < -0.39 is 0 Å². The van der Waals surface area contributed by atoms with Crippen molar-refractivity contribution in [1.29, 1.82) is 0 Å². The van der Waals surface area contributed by atoms with Crippen molar-refractivity contribution in [3.05, 3.63) is 39.8 Å². The highest BCUT2D eigenvalue weighted by atomic mass is 79.9. The van der Waals surface area contributed by atoms with Crippen molar-refractivity contribution in [3.8, 4) is 11.3 Å². The normalized spacial score (nSPS) is 12.5. The number of H-pyrrole nitrogens is 1. The van der Waals surface area contributed by atoms with E-state index in [0.29, 0.717) is 0 Å². The highest BCUT2D eigenvalue weighted by molar-refractivity contribution is 9.10. The number of methoxy groups -OCH3 is 1. The Bertz CT molecular complexity index is 594. The SMILES string of the molecule is COCCNCc1nc2c([nH]1)Cc1c(Br)cccc1-2. The Morgan fingerprint density at radius 1 is 1.47 bits per heavy atom. The molecule has 19 heavy (non-hydrogen) atoms. The lowest BCUT2D eigenvalue weighted by Crippen LogP contribution is -2.19. The molecule has 0 saturated carbocycles. The van der Waals surface area contributed by atoms with Gasteiger partial charge < -0.3 is 15.0 Å². The maximum absolute atomic E-state index is 5.00. The second-order valence-corrected chi connectivity index (χ2v) is 5.48. The summed E-state index contributed by atoms with van der Waals surface area (Å²) in [7, 11) is 1.71. The summed E-state index contributed by atoms with van der Waals surface area (Å²) in [5.41, 5.74) is 4.88. The number of aromatic amines is 1. The molecule has 2 aromatic rings. The van der Waals surface area contributed by atoms with Crippen molar-refractivity contribution in [2.75, 3.05) is 20.3 Å². The van der Waals surface area contributed by atoms with E-state index in [4.69, 9.17) is 9.72 Å². The number of fused-ring (bicyclic) bond motifs is 3. The molecule has 0 atom stereocenters. The molecule has 0 amide bonds. The molecular weight excluding hydrogens is 306 g/mol. The summed E-state index contributed by atoms with van der Waals surface area (Å²) < 4.78 is 6.17. The molecule has 1 aromatic carbocycles. The van der Waals surface area contributed by atoms with E-state index in [1.807, 2.05) is 0 Å². The van der Waals surface area contributed by atoms with E-state index in [1.165, 1.54) is 16.8 Å². The fourth-order valence-corrected chi connectivity index (χ4v) is 2.92. The molecule has 4 nitrogen and oxygen atoms in total. The zero-order valence-electron chi connectivity index (χ0n) is 10.8. The molecule has 1 heterocycles. The van der Waals surface area contributed by atoms with Gasteiger partial charge >= 0.3 is 0 Å². The average Bonchev–Trinajstić information content (AvgIpc) is 2.93. The molecule has 0 saturated heterocycles. The van der Waals surface area contributed by atoms with Gasteiger partial charge in [0.25, 0.3) is 0 Å². The number of benzene rings is 1. The minimum absolute atomic E-state index is 0.718. The van der Waals surface area contributed by atoms with Gasteiger partial charge in [0.05, 0.1) is 18.8 Å². The molecule has 0 fully saturated rings. The van der Waals surface area contributed by atoms with Gasteiger partial charge in [0.15, 0.2) is 0 Å². The van der Waals surface area contributed by atoms with Crippen molar-refractivity contribution >= 4 is 15.9 Å². The molecule has 1 aromatic heterocycles. The number of rotatable bonds is 5. The number of hydrogen-bond donors (Lipinski definition) is 2. The van der Waals surface area contributed by atoms with Crippen LogP contribution in [0.15, 0.2) is 22.7 Å². The topological polar surface area (TPSA) is 49.9 Å². The lowest BCUT2D eigenvalue weighted by atomic mass is 10.1. The Morgan fingerprint density at radius 2 is 2.37 bits per heavy atom. The Kier molecular flexibility index (Phi) is 3.68. The van der Waals surface area contributed by atoms with Crippen LogP contribution in [0.25, 0.3) is 11.3 Å². The van der Waals surface area contributed by atoms with E-state index in [2.05, 4.69) is 44.4 Å². The minimum atomic E-state index is 0.718. The number of nitrogens with one attached hydrogen (secondary N) is 2. The van der Waals surface area contributed by atoms with Gasteiger partial charge in [0, 0.05) is 35.8 Å². The van der Waals surface area contributed by atoms with Crippen LogP contribution < -0.4 is 5.32 Å². The van der Waals surface area contributed by atoms with Gasteiger partial charge in [-0.25, -0.2) is 4.98 Å². The molecule has 1 aliphatic rings. The molecule has 0 spiro atoms. The first kappa shape index (κ1) is 12.8. The van der Waals surface area contributed by atoms with Crippen LogP contribution in [0, 0.1) is 0 Å². The average molecular weight is 322 g/mol. The monoisotopic (exact) mass is 321 g/mol. The second kappa shape index (κ2) is 5.45. The summed E-state index contributed by atoms with van der Waals surface area (Å²) in [5, 5.41) is 3.30. The molecule has 0 unspecified atom stereocenters. The quantitative estimate of drug-likeness (QED) is 0.710. The Hall–Kier alpha value is -1.17. The number of nitrogens with zero attached hydrogens (tertiary/aromatic N) is 1.